The maximum Gasteiger partial charge on any atom is 0.266 e. The van der Waals surface area contributed by atoms with Gasteiger partial charge in [-0.15, -0.1) is 0 Å². The van der Waals surface area contributed by atoms with Crippen LogP contribution >= 0.6 is 0 Å². The lowest BCUT2D eigenvalue weighted by Crippen LogP contribution is -2.30. The molecule has 1 rings (SSSR count). The zero-order valence-corrected chi connectivity index (χ0v) is 10.5. The van der Waals surface area contributed by atoms with E-state index in [1.54, 1.807) is 12.1 Å². The zero-order valence-electron chi connectivity index (χ0n) is 10.5. The summed E-state index contributed by atoms with van der Waals surface area (Å²) in [4.78, 5) is 15.3. The summed E-state index contributed by atoms with van der Waals surface area (Å²) in [7, 11) is 0. The summed E-state index contributed by atoms with van der Waals surface area (Å²) in [6.07, 6.45) is 2.47. The molecule has 0 aliphatic carbocycles. The lowest BCUT2D eigenvalue weighted by molar-refractivity contribution is 0.0397. The van der Waals surface area contributed by atoms with Gasteiger partial charge in [0.05, 0.1) is 31.1 Å². The Hall–Kier alpha value is -1.50. The minimum atomic E-state index is -0.358. The highest BCUT2D eigenvalue weighted by Crippen LogP contribution is 2.01. The lowest BCUT2D eigenvalue weighted by atomic mass is 10.2. The Morgan fingerprint density at radius 2 is 2.11 bits per heavy atom. The Labute approximate surface area is 106 Å². The van der Waals surface area contributed by atoms with Gasteiger partial charge >= 0.3 is 0 Å². The number of nitrogens with two attached hydrogens (primary N) is 1. The van der Waals surface area contributed by atoms with Crippen molar-refractivity contribution >= 4 is 5.91 Å². The zero-order chi connectivity index (χ0) is 13.2. The number of rotatable bonds is 8. The smallest absolute Gasteiger partial charge is 0.266 e. The van der Waals surface area contributed by atoms with Gasteiger partial charge in [-0.1, -0.05) is 6.92 Å². The van der Waals surface area contributed by atoms with Gasteiger partial charge in [0, 0.05) is 12.8 Å². The number of aromatic nitrogens is 1. The number of nitrogens with one attached hydrogen (secondary N) is 1. The summed E-state index contributed by atoms with van der Waals surface area (Å²) in [5.74, 6) is 4.66. The highest BCUT2D eigenvalue weighted by Gasteiger charge is 2.03. The molecule has 1 heterocycles. The third kappa shape index (κ3) is 5.22. The van der Waals surface area contributed by atoms with Gasteiger partial charge in [0.25, 0.3) is 5.91 Å². The molecule has 0 aliphatic heterocycles. The highest BCUT2D eigenvalue weighted by atomic mass is 16.5. The van der Waals surface area contributed by atoms with E-state index in [1.165, 1.54) is 6.20 Å². The van der Waals surface area contributed by atoms with Crippen molar-refractivity contribution in [3.05, 3.63) is 29.6 Å². The molecule has 0 radical (unpaired) electrons. The van der Waals surface area contributed by atoms with Crippen molar-refractivity contribution in [2.24, 2.45) is 5.84 Å². The van der Waals surface area contributed by atoms with Crippen LogP contribution in [0.15, 0.2) is 18.3 Å². The van der Waals surface area contributed by atoms with E-state index in [0.29, 0.717) is 25.4 Å². The highest BCUT2D eigenvalue weighted by molar-refractivity contribution is 5.93. The molecule has 0 aliphatic rings. The maximum absolute atomic E-state index is 11.2. The van der Waals surface area contributed by atoms with Gasteiger partial charge in [-0.05, 0) is 18.6 Å². The van der Waals surface area contributed by atoms with Gasteiger partial charge in [-0.2, -0.15) is 0 Å². The average molecular weight is 253 g/mol. The van der Waals surface area contributed by atoms with Crippen molar-refractivity contribution in [2.45, 2.75) is 20.0 Å². The Bertz CT molecular complexity index is 354. The second-order valence-electron chi connectivity index (χ2n) is 3.68. The molecule has 1 aromatic heterocycles. The first kappa shape index (κ1) is 14.6. The van der Waals surface area contributed by atoms with E-state index in [1.807, 2.05) is 5.43 Å². The third-order valence-corrected chi connectivity index (χ3v) is 2.19. The molecule has 1 aromatic rings. The molecule has 0 unspecified atom stereocenters. The first-order chi connectivity index (χ1) is 8.77. The minimum Gasteiger partial charge on any atom is -0.379 e. The van der Waals surface area contributed by atoms with Gasteiger partial charge in [-0.25, -0.2) is 5.84 Å². The van der Waals surface area contributed by atoms with E-state index in [2.05, 4.69) is 11.9 Å². The fourth-order valence-corrected chi connectivity index (χ4v) is 1.27. The number of hydrogen-bond acceptors (Lipinski definition) is 5. The van der Waals surface area contributed by atoms with Crippen LogP contribution in [0.1, 0.15) is 29.4 Å². The number of hydrazine groups is 1. The summed E-state index contributed by atoms with van der Waals surface area (Å²) < 4.78 is 10.7. The summed E-state index contributed by atoms with van der Waals surface area (Å²) in [6, 6.07) is 3.39. The summed E-state index contributed by atoms with van der Waals surface area (Å²) in [5, 5.41) is 0. The van der Waals surface area contributed by atoms with E-state index in [4.69, 9.17) is 15.3 Å². The van der Waals surface area contributed by atoms with Crippen molar-refractivity contribution in [2.75, 3.05) is 19.8 Å². The molecule has 0 bridgehead atoms. The average Bonchev–Trinajstić information content (AvgIpc) is 2.42. The largest absolute Gasteiger partial charge is 0.379 e. The fourth-order valence-electron chi connectivity index (χ4n) is 1.27. The normalized spacial score (nSPS) is 10.3. The predicted molar refractivity (Wildman–Crippen MR) is 66.7 cm³/mol. The SMILES string of the molecule is CCCOCCOCc1ccc(C(=O)NN)cn1. The molecule has 3 N–H and O–H groups in total. The second kappa shape index (κ2) is 8.57. The Kier molecular flexibility index (Phi) is 6.93. The van der Waals surface area contributed by atoms with Crippen LogP contribution in [0.2, 0.25) is 0 Å². The number of ether oxygens (including phenoxy) is 2. The van der Waals surface area contributed by atoms with Crippen LogP contribution in [0, 0.1) is 0 Å². The summed E-state index contributed by atoms with van der Waals surface area (Å²) in [5.41, 5.74) is 3.23. The van der Waals surface area contributed by atoms with E-state index in [0.717, 1.165) is 18.7 Å². The van der Waals surface area contributed by atoms with Gasteiger partial charge in [0.1, 0.15) is 0 Å². The first-order valence-electron chi connectivity index (χ1n) is 5.89. The number of carbonyl (C=O) groups is 1. The quantitative estimate of drug-likeness (QED) is 0.307. The number of nitrogen functional groups attached to an aromatic ring is 1. The number of amides is 1. The number of carbonyl (C=O) groups excluding carboxylic acids is 1. The Morgan fingerprint density at radius 1 is 1.33 bits per heavy atom. The Morgan fingerprint density at radius 3 is 2.72 bits per heavy atom. The molecule has 1 amide bonds. The van der Waals surface area contributed by atoms with Crippen molar-refractivity contribution in [3.63, 3.8) is 0 Å². The van der Waals surface area contributed by atoms with Gasteiger partial charge in [0.15, 0.2) is 0 Å². The van der Waals surface area contributed by atoms with Gasteiger partial charge < -0.3 is 9.47 Å². The third-order valence-electron chi connectivity index (χ3n) is 2.19. The molecule has 0 atom stereocenters. The van der Waals surface area contributed by atoms with Crippen LogP contribution in [0.4, 0.5) is 0 Å². The van der Waals surface area contributed by atoms with Crippen LogP contribution in [-0.2, 0) is 16.1 Å². The van der Waals surface area contributed by atoms with Gasteiger partial charge in [0.2, 0.25) is 0 Å². The fraction of sp³-hybridized carbons (Fsp3) is 0.500. The monoisotopic (exact) mass is 253 g/mol. The van der Waals surface area contributed by atoms with Crippen molar-refractivity contribution in [3.8, 4) is 0 Å². The van der Waals surface area contributed by atoms with E-state index in [-0.39, 0.29) is 5.91 Å². The summed E-state index contributed by atoms with van der Waals surface area (Å²) in [6.45, 7) is 4.34. The van der Waals surface area contributed by atoms with Crippen molar-refractivity contribution < 1.29 is 14.3 Å². The molecule has 0 fully saturated rings. The maximum atomic E-state index is 11.2. The molecule has 18 heavy (non-hydrogen) atoms. The van der Waals surface area contributed by atoms with Crippen LogP contribution < -0.4 is 11.3 Å². The second-order valence-corrected chi connectivity index (χ2v) is 3.68. The molecular formula is C12H19N3O3. The standard InChI is InChI=1S/C12H19N3O3/c1-2-5-17-6-7-18-9-11-4-3-10(8-14-11)12(16)15-13/h3-4,8H,2,5-7,9,13H2,1H3,(H,15,16). The van der Waals surface area contributed by atoms with Crippen LogP contribution in [0.25, 0.3) is 0 Å². The Balaban J connectivity index is 2.25. The molecule has 0 saturated heterocycles. The van der Waals surface area contributed by atoms with Crippen LogP contribution in [0.3, 0.4) is 0 Å². The number of hydrogen-bond donors (Lipinski definition) is 2. The molecule has 0 spiro atoms. The van der Waals surface area contributed by atoms with Crippen molar-refractivity contribution in [1.82, 2.24) is 10.4 Å². The molecular weight excluding hydrogens is 234 g/mol. The van der Waals surface area contributed by atoms with E-state index in [9.17, 15) is 4.79 Å². The minimum absolute atomic E-state index is 0.358. The molecule has 100 valence electrons. The van der Waals surface area contributed by atoms with E-state index >= 15 is 0 Å². The number of nitrogens with zero attached hydrogens (tertiary/aromatic N) is 1. The molecule has 6 heteroatoms. The topological polar surface area (TPSA) is 86.5 Å². The number of pyridine rings is 1. The molecule has 6 nitrogen and oxygen atoms in total. The first-order valence-corrected chi connectivity index (χ1v) is 5.89. The predicted octanol–water partition coefficient (Wildman–Crippen LogP) is 0.628. The summed E-state index contributed by atoms with van der Waals surface area (Å²) >= 11 is 0. The van der Waals surface area contributed by atoms with E-state index < -0.39 is 0 Å². The molecule has 0 saturated carbocycles. The van der Waals surface area contributed by atoms with Crippen LogP contribution in [0.5, 0.6) is 0 Å². The van der Waals surface area contributed by atoms with Crippen LogP contribution in [-0.4, -0.2) is 30.7 Å². The van der Waals surface area contributed by atoms with Gasteiger partial charge in [-0.3, -0.25) is 15.2 Å². The lowest BCUT2D eigenvalue weighted by Gasteiger charge is -2.05. The molecule has 0 aromatic carbocycles. The van der Waals surface area contributed by atoms with Crippen molar-refractivity contribution in [1.29, 1.82) is 0 Å².